The van der Waals surface area contributed by atoms with Crippen LogP contribution in [0.2, 0.25) is 0 Å². The molecule has 0 saturated heterocycles. The van der Waals surface area contributed by atoms with Crippen molar-refractivity contribution in [3.05, 3.63) is 41.0 Å². The van der Waals surface area contributed by atoms with Gasteiger partial charge < -0.3 is 9.47 Å². The van der Waals surface area contributed by atoms with Crippen molar-refractivity contribution in [3.63, 3.8) is 0 Å². The molecule has 0 spiro atoms. The van der Waals surface area contributed by atoms with Gasteiger partial charge in [0.25, 0.3) is 0 Å². The first-order valence-corrected chi connectivity index (χ1v) is 6.76. The Hall–Kier alpha value is -1.36. The fourth-order valence-electron chi connectivity index (χ4n) is 1.83. The summed E-state index contributed by atoms with van der Waals surface area (Å²) in [4.78, 5) is 10.8. The average molecular weight is 309 g/mol. The fraction of sp³-hybridized carbons (Fsp3) is 0.385. The maximum atomic E-state index is 4.37. The molecule has 0 saturated carbocycles. The second-order valence-corrected chi connectivity index (χ2v) is 5.19. The topological polar surface area (TPSA) is 34.0 Å². The van der Waals surface area contributed by atoms with E-state index in [1.807, 2.05) is 37.6 Å². The third-order valence-electron chi connectivity index (χ3n) is 2.92. The van der Waals surface area contributed by atoms with E-state index in [2.05, 4.69) is 42.4 Å². The van der Waals surface area contributed by atoms with Crippen LogP contribution in [0.5, 0.6) is 0 Å². The van der Waals surface area contributed by atoms with Crippen molar-refractivity contribution < 1.29 is 0 Å². The van der Waals surface area contributed by atoms with Crippen LogP contribution < -0.4 is 4.90 Å². The summed E-state index contributed by atoms with van der Waals surface area (Å²) in [6, 6.07) is 4.03. The van der Waals surface area contributed by atoms with E-state index in [9.17, 15) is 0 Å². The molecule has 0 N–H and O–H groups in total. The monoisotopic (exact) mass is 308 g/mol. The predicted molar refractivity (Wildman–Crippen MR) is 76.8 cm³/mol. The summed E-state index contributed by atoms with van der Waals surface area (Å²) in [7, 11) is 2.07. The first-order chi connectivity index (χ1) is 8.66. The van der Waals surface area contributed by atoms with Gasteiger partial charge in [0, 0.05) is 43.2 Å². The largest absolute Gasteiger partial charge is 0.360 e. The molecule has 4 nitrogen and oxygen atoms in total. The minimum atomic E-state index is 0.978. The highest BCUT2D eigenvalue weighted by molar-refractivity contribution is 9.10. The highest BCUT2D eigenvalue weighted by Gasteiger charge is 2.02. The van der Waals surface area contributed by atoms with Crippen molar-refractivity contribution >= 4 is 21.7 Å². The SMILES string of the molecule is Cc1nccn1CCCN(C)c1ccc(Br)cn1. The van der Waals surface area contributed by atoms with E-state index in [0.29, 0.717) is 0 Å². The minimum absolute atomic E-state index is 0.978. The van der Waals surface area contributed by atoms with Gasteiger partial charge in [-0.05, 0) is 41.4 Å². The zero-order valence-electron chi connectivity index (χ0n) is 10.7. The molecule has 0 amide bonds. The van der Waals surface area contributed by atoms with Crippen molar-refractivity contribution in [2.24, 2.45) is 0 Å². The Morgan fingerprint density at radius 3 is 2.78 bits per heavy atom. The predicted octanol–water partition coefficient (Wildman–Crippen LogP) is 2.88. The summed E-state index contributed by atoms with van der Waals surface area (Å²) in [5.74, 6) is 2.07. The molecule has 0 aromatic carbocycles. The van der Waals surface area contributed by atoms with Gasteiger partial charge in [-0.25, -0.2) is 9.97 Å². The molecular formula is C13H17BrN4. The molecule has 5 heteroatoms. The molecule has 0 aliphatic rings. The van der Waals surface area contributed by atoms with Crippen molar-refractivity contribution in [1.29, 1.82) is 0 Å². The maximum absolute atomic E-state index is 4.37. The minimum Gasteiger partial charge on any atom is -0.360 e. The second-order valence-electron chi connectivity index (χ2n) is 4.28. The molecule has 2 aromatic heterocycles. The Labute approximate surface area is 116 Å². The number of rotatable bonds is 5. The van der Waals surface area contributed by atoms with Gasteiger partial charge in [0.05, 0.1) is 0 Å². The van der Waals surface area contributed by atoms with Gasteiger partial charge in [0.1, 0.15) is 11.6 Å². The van der Waals surface area contributed by atoms with Gasteiger partial charge >= 0.3 is 0 Å². The molecule has 0 atom stereocenters. The molecule has 0 aliphatic heterocycles. The number of hydrogen-bond donors (Lipinski definition) is 0. The Morgan fingerprint density at radius 2 is 2.17 bits per heavy atom. The lowest BCUT2D eigenvalue weighted by molar-refractivity contribution is 0.621. The summed E-state index contributed by atoms with van der Waals surface area (Å²) in [5, 5.41) is 0. The highest BCUT2D eigenvalue weighted by atomic mass is 79.9. The number of halogens is 1. The van der Waals surface area contributed by atoms with E-state index in [-0.39, 0.29) is 0 Å². The number of imidazole rings is 1. The van der Waals surface area contributed by atoms with Crippen LogP contribution in [0.15, 0.2) is 35.2 Å². The van der Waals surface area contributed by atoms with Gasteiger partial charge in [0.2, 0.25) is 0 Å². The third-order valence-corrected chi connectivity index (χ3v) is 3.39. The average Bonchev–Trinajstić information content (AvgIpc) is 2.76. The zero-order valence-corrected chi connectivity index (χ0v) is 12.3. The molecule has 0 fully saturated rings. The van der Waals surface area contributed by atoms with Crippen molar-refractivity contribution in [1.82, 2.24) is 14.5 Å². The molecule has 96 valence electrons. The normalized spacial score (nSPS) is 10.6. The standard InChI is InChI=1S/C13H17BrN4/c1-11-15-6-9-18(11)8-3-7-17(2)13-5-4-12(14)10-16-13/h4-6,9-10H,3,7-8H2,1-2H3. The Balaban J connectivity index is 1.83. The van der Waals surface area contributed by atoms with Crippen LogP contribution in [-0.2, 0) is 6.54 Å². The van der Waals surface area contributed by atoms with Gasteiger partial charge in [0.15, 0.2) is 0 Å². The van der Waals surface area contributed by atoms with Crippen molar-refractivity contribution in [3.8, 4) is 0 Å². The molecule has 18 heavy (non-hydrogen) atoms. The number of nitrogens with zero attached hydrogens (tertiary/aromatic N) is 4. The lowest BCUT2D eigenvalue weighted by Crippen LogP contribution is -2.20. The molecule has 0 unspecified atom stereocenters. The van der Waals surface area contributed by atoms with Gasteiger partial charge in [-0.1, -0.05) is 0 Å². The van der Waals surface area contributed by atoms with E-state index >= 15 is 0 Å². The Morgan fingerprint density at radius 1 is 1.33 bits per heavy atom. The first kappa shape index (κ1) is 13.1. The lowest BCUT2D eigenvalue weighted by Gasteiger charge is -2.18. The summed E-state index contributed by atoms with van der Waals surface area (Å²) >= 11 is 3.39. The Kier molecular flexibility index (Phi) is 4.36. The smallest absolute Gasteiger partial charge is 0.128 e. The van der Waals surface area contributed by atoms with Crippen LogP contribution in [0.3, 0.4) is 0 Å². The summed E-state index contributed by atoms with van der Waals surface area (Å²) in [6.07, 6.45) is 6.76. The number of aryl methyl sites for hydroxylation is 2. The summed E-state index contributed by atoms with van der Waals surface area (Å²) in [5.41, 5.74) is 0. The van der Waals surface area contributed by atoms with Crippen LogP contribution in [0.4, 0.5) is 5.82 Å². The number of hydrogen-bond acceptors (Lipinski definition) is 3. The van der Waals surface area contributed by atoms with Crippen molar-refractivity contribution in [2.45, 2.75) is 19.9 Å². The van der Waals surface area contributed by atoms with Gasteiger partial charge in [-0.2, -0.15) is 0 Å². The Bertz CT molecular complexity index is 492. The number of aromatic nitrogens is 3. The van der Waals surface area contributed by atoms with Gasteiger partial charge in [-0.15, -0.1) is 0 Å². The fourth-order valence-corrected chi connectivity index (χ4v) is 2.06. The highest BCUT2D eigenvalue weighted by Crippen LogP contribution is 2.13. The molecule has 2 heterocycles. The molecule has 0 radical (unpaired) electrons. The lowest BCUT2D eigenvalue weighted by atomic mass is 10.3. The zero-order chi connectivity index (χ0) is 13.0. The van der Waals surface area contributed by atoms with Crippen LogP contribution in [0, 0.1) is 6.92 Å². The van der Waals surface area contributed by atoms with Crippen molar-refractivity contribution in [2.75, 3.05) is 18.5 Å². The second kappa shape index (κ2) is 6.00. The first-order valence-electron chi connectivity index (χ1n) is 5.97. The molecular weight excluding hydrogens is 292 g/mol. The number of anilines is 1. The van der Waals surface area contributed by atoms with E-state index in [1.54, 1.807) is 0 Å². The molecule has 0 bridgehead atoms. The third kappa shape index (κ3) is 3.32. The van der Waals surface area contributed by atoms with E-state index in [1.165, 1.54) is 0 Å². The van der Waals surface area contributed by atoms with E-state index < -0.39 is 0 Å². The van der Waals surface area contributed by atoms with Crippen LogP contribution in [0.1, 0.15) is 12.2 Å². The molecule has 2 aromatic rings. The quantitative estimate of drug-likeness (QED) is 0.851. The van der Waals surface area contributed by atoms with Crippen LogP contribution >= 0.6 is 15.9 Å². The number of pyridine rings is 1. The van der Waals surface area contributed by atoms with E-state index in [4.69, 9.17) is 0 Å². The molecule has 2 rings (SSSR count). The van der Waals surface area contributed by atoms with Gasteiger partial charge in [-0.3, -0.25) is 0 Å². The summed E-state index contributed by atoms with van der Waals surface area (Å²) < 4.78 is 3.18. The summed E-state index contributed by atoms with van der Waals surface area (Å²) in [6.45, 7) is 4.00. The maximum Gasteiger partial charge on any atom is 0.128 e. The molecule has 0 aliphatic carbocycles. The van der Waals surface area contributed by atoms with Crippen LogP contribution in [0.25, 0.3) is 0 Å². The van der Waals surface area contributed by atoms with E-state index in [0.717, 1.165) is 35.6 Å². The van der Waals surface area contributed by atoms with Crippen LogP contribution in [-0.4, -0.2) is 28.1 Å².